The van der Waals surface area contributed by atoms with E-state index < -0.39 is 5.97 Å². The molecule has 5 nitrogen and oxygen atoms in total. The second kappa shape index (κ2) is 4.90. The number of ether oxygens (including phenoxy) is 1. The van der Waals surface area contributed by atoms with Crippen LogP contribution in [0.4, 0.5) is 0 Å². The molecule has 0 atom stereocenters. The van der Waals surface area contributed by atoms with Crippen LogP contribution < -0.4 is 4.74 Å². The quantitative estimate of drug-likeness (QED) is 0.798. The molecule has 0 fully saturated rings. The fraction of sp³-hybridized carbons (Fsp3) is 0.0714. The number of hydrogen-bond acceptors (Lipinski definition) is 5. The Bertz CT molecular complexity index is 798. The molecule has 0 aliphatic rings. The molecule has 0 bridgehead atoms. The van der Waals surface area contributed by atoms with Crippen LogP contribution in [0.25, 0.3) is 10.2 Å². The topological polar surface area (TPSA) is 72.3 Å². The standard InChI is InChI=1S/C14H10N2O3S/c1-8-2-3-11(10(6-8)14(17)18)19-12-9-4-5-20-13(9)16-7-15-12/h2-7H,1H3,(H,17,18). The predicted octanol–water partition coefficient (Wildman–Crippen LogP) is 3.49. The van der Waals surface area contributed by atoms with E-state index in [0.717, 1.165) is 15.8 Å². The lowest BCUT2D eigenvalue weighted by Gasteiger charge is -2.09. The summed E-state index contributed by atoms with van der Waals surface area (Å²) in [6.45, 7) is 1.83. The van der Waals surface area contributed by atoms with Gasteiger partial charge in [0.15, 0.2) is 0 Å². The van der Waals surface area contributed by atoms with Crippen LogP contribution in [0.5, 0.6) is 11.6 Å². The van der Waals surface area contributed by atoms with E-state index in [4.69, 9.17) is 4.74 Å². The van der Waals surface area contributed by atoms with Crippen molar-refractivity contribution in [3.05, 3.63) is 47.1 Å². The monoisotopic (exact) mass is 286 g/mol. The highest BCUT2D eigenvalue weighted by Gasteiger charge is 2.14. The highest BCUT2D eigenvalue weighted by Crippen LogP contribution is 2.31. The summed E-state index contributed by atoms with van der Waals surface area (Å²) in [7, 11) is 0. The van der Waals surface area contributed by atoms with E-state index in [-0.39, 0.29) is 11.3 Å². The number of thiophene rings is 1. The lowest BCUT2D eigenvalue weighted by Crippen LogP contribution is -2.01. The lowest BCUT2D eigenvalue weighted by molar-refractivity contribution is 0.0694. The van der Waals surface area contributed by atoms with E-state index in [2.05, 4.69) is 9.97 Å². The number of aromatic nitrogens is 2. The maximum atomic E-state index is 11.3. The molecule has 0 saturated carbocycles. The average Bonchev–Trinajstić information content (AvgIpc) is 2.90. The normalized spacial score (nSPS) is 10.7. The third-order valence-corrected chi connectivity index (χ3v) is 3.62. The van der Waals surface area contributed by atoms with Gasteiger partial charge in [0.1, 0.15) is 22.5 Å². The largest absolute Gasteiger partial charge is 0.478 e. The molecule has 0 aliphatic heterocycles. The zero-order valence-electron chi connectivity index (χ0n) is 10.5. The van der Waals surface area contributed by atoms with Crippen LogP contribution in [-0.4, -0.2) is 21.0 Å². The highest BCUT2D eigenvalue weighted by molar-refractivity contribution is 7.16. The van der Waals surface area contributed by atoms with Crippen LogP contribution >= 0.6 is 11.3 Å². The van der Waals surface area contributed by atoms with Gasteiger partial charge >= 0.3 is 5.97 Å². The Kier molecular flexibility index (Phi) is 3.08. The van der Waals surface area contributed by atoms with Gasteiger partial charge in [-0.3, -0.25) is 0 Å². The van der Waals surface area contributed by atoms with Crippen LogP contribution in [0.2, 0.25) is 0 Å². The summed E-state index contributed by atoms with van der Waals surface area (Å²) < 4.78 is 5.67. The molecule has 3 aromatic rings. The third-order valence-electron chi connectivity index (χ3n) is 2.80. The summed E-state index contributed by atoms with van der Waals surface area (Å²) in [6, 6.07) is 6.86. The Morgan fingerprint density at radius 1 is 1.30 bits per heavy atom. The number of rotatable bonds is 3. The van der Waals surface area contributed by atoms with Crippen molar-refractivity contribution < 1.29 is 14.6 Å². The number of aryl methyl sites for hydroxylation is 1. The molecule has 1 N–H and O–H groups in total. The number of nitrogens with zero attached hydrogens (tertiary/aromatic N) is 2. The van der Waals surface area contributed by atoms with Gasteiger partial charge < -0.3 is 9.84 Å². The van der Waals surface area contributed by atoms with Crippen molar-refractivity contribution in [3.63, 3.8) is 0 Å². The Morgan fingerprint density at radius 3 is 2.95 bits per heavy atom. The minimum Gasteiger partial charge on any atom is -0.478 e. The fourth-order valence-electron chi connectivity index (χ4n) is 1.85. The van der Waals surface area contributed by atoms with Crippen LogP contribution in [0, 0.1) is 6.92 Å². The van der Waals surface area contributed by atoms with Crippen LogP contribution in [0.3, 0.4) is 0 Å². The first-order chi connectivity index (χ1) is 9.65. The molecule has 0 saturated heterocycles. The minimum absolute atomic E-state index is 0.118. The molecule has 2 heterocycles. The zero-order valence-corrected chi connectivity index (χ0v) is 11.3. The van der Waals surface area contributed by atoms with Gasteiger partial charge in [0, 0.05) is 0 Å². The van der Waals surface area contributed by atoms with Crippen molar-refractivity contribution in [1.29, 1.82) is 0 Å². The van der Waals surface area contributed by atoms with Gasteiger partial charge in [-0.15, -0.1) is 11.3 Å². The number of carbonyl (C=O) groups is 1. The van der Waals surface area contributed by atoms with Crippen LogP contribution in [0.1, 0.15) is 15.9 Å². The Balaban J connectivity index is 2.07. The second-order valence-corrected chi connectivity index (χ2v) is 5.12. The predicted molar refractivity (Wildman–Crippen MR) is 75.6 cm³/mol. The number of carboxylic acid groups (broad SMARTS) is 1. The van der Waals surface area contributed by atoms with Gasteiger partial charge in [-0.25, -0.2) is 14.8 Å². The number of aromatic carboxylic acids is 1. The van der Waals surface area contributed by atoms with Gasteiger partial charge in [0.25, 0.3) is 0 Å². The molecule has 0 amide bonds. The molecular weight excluding hydrogens is 276 g/mol. The van der Waals surface area contributed by atoms with E-state index in [1.165, 1.54) is 17.7 Å². The molecule has 0 aliphatic carbocycles. The van der Waals surface area contributed by atoms with Crippen molar-refractivity contribution in [2.45, 2.75) is 6.92 Å². The van der Waals surface area contributed by atoms with Crippen molar-refractivity contribution >= 4 is 27.5 Å². The van der Waals surface area contributed by atoms with Gasteiger partial charge in [-0.2, -0.15) is 0 Å². The van der Waals surface area contributed by atoms with Gasteiger partial charge in [-0.1, -0.05) is 11.6 Å². The highest BCUT2D eigenvalue weighted by atomic mass is 32.1. The molecule has 0 spiro atoms. The SMILES string of the molecule is Cc1ccc(Oc2ncnc3sccc23)c(C(=O)O)c1. The molecule has 3 rings (SSSR count). The minimum atomic E-state index is -1.03. The maximum absolute atomic E-state index is 11.3. The van der Waals surface area contributed by atoms with Crippen molar-refractivity contribution in [1.82, 2.24) is 9.97 Å². The molecule has 0 radical (unpaired) electrons. The maximum Gasteiger partial charge on any atom is 0.339 e. The van der Waals surface area contributed by atoms with E-state index in [0.29, 0.717) is 5.88 Å². The Hall–Kier alpha value is -2.47. The first kappa shape index (κ1) is 12.6. The Morgan fingerprint density at radius 2 is 2.15 bits per heavy atom. The van der Waals surface area contributed by atoms with E-state index in [1.54, 1.807) is 18.2 Å². The molecule has 6 heteroatoms. The molecular formula is C14H10N2O3S. The molecule has 2 aromatic heterocycles. The molecule has 20 heavy (non-hydrogen) atoms. The summed E-state index contributed by atoms with van der Waals surface area (Å²) in [4.78, 5) is 20.3. The zero-order chi connectivity index (χ0) is 14.1. The van der Waals surface area contributed by atoms with E-state index in [1.807, 2.05) is 18.4 Å². The number of carboxylic acids is 1. The van der Waals surface area contributed by atoms with E-state index in [9.17, 15) is 9.90 Å². The number of fused-ring (bicyclic) bond motifs is 1. The summed E-state index contributed by atoms with van der Waals surface area (Å²) in [5.41, 5.74) is 0.977. The van der Waals surface area contributed by atoms with Crippen molar-refractivity contribution in [2.24, 2.45) is 0 Å². The van der Waals surface area contributed by atoms with Gasteiger partial charge in [-0.05, 0) is 30.5 Å². The van der Waals surface area contributed by atoms with Crippen LogP contribution in [-0.2, 0) is 0 Å². The fourth-order valence-corrected chi connectivity index (χ4v) is 2.58. The summed E-state index contributed by atoms with van der Waals surface area (Å²) in [6.07, 6.45) is 1.41. The molecule has 100 valence electrons. The molecule has 1 aromatic carbocycles. The van der Waals surface area contributed by atoms with Gasteiger partial charge in [0.2, 0.25) is 5.88 Å². The Labute approximate surface area is 118 Å². The molecule has 0 unspecified atom stereocenters. The summed E-state index contributed by atoms with van der Waals surface area (Å²) in [5.74, 6) is -0.392. The van der Waals surface area contributed by atoms with Crippen molar-refractivity contribution in [2.75, 3.05) is 0 Å². The first-order valence-corrected chi connectivity index (χ1v) is 6.73. The lowest BCUT2D eigenvalue weighted by atomic mass is 10.1. The second-order valence-electron chi connectivity index (χ2n) is 4.23. The third kappa shape index (κ3) is 2.21. The van der Waals surface area contributed by atoms with Crippen LogP contribution in [0.15, 0.2) is 36.0 Å². The number of benzene rings is 1. The first-order valence-electron chi connectivity index (χ1n) is 5.85. The van der Waals surface area contributed by atoms with E-state index >= 15 is 0 Å². The summed E-state index contributed by atoms with van der Waals surface area (Å²) in [5, 5.41) is 11.9. The smallest absolute Gasteiger partial charge is 0.339 e. The van der Waals surface area contributed by atoms with Crippen molar-refractivity contribution in [3.8, 4) is 11.6 Å². The summed E-state index contributed by atoms with van der Waals surface area (Å²) >= 11 is 1.48. The number of hydrogen-bond donors (Lipinski definition) is 1. The van der Waals surface area contributed by atoms with Gasteiger partial charge in [0.05, 0.1) is 5.39 Å². The average molecular weight is 286 g/mol.